The van der Waals surface area contributed by atoms with Gasteiger partial charge in [-0.3, -0.25) is 0 Å². The van der Waals surface area contributed by atoms with E-state index in [1.165, 1.54) is 31.3 Å². The van der Waals surface area contributed by atoms with Crippen molar-refractivity contribution in [2.45, 2.75) is 60.3 Å². The minimum Gasteiger partial charge on any atom is -0.0995 e. The molecule has 1 saturated carbocycles. The third-order valence-corrected chi connectivity index (χ3v) is 4.77. The van der Waals surface area contributed by atoms with Crippen LogP contribution >= 0.6 is 0 Å². The fourth-order valence-corrected chi connectivity index (χ4v) is 3.14. The molecular weight excluding hydrogens is 192 g/mol. The van der Waals surface area contributed by atoms with Crippen LogP contribution in [0, 0.1) is 17.3 Å². The van der Waals surface area contributed by atoms with Gasteiger partial charge in [-0.05, 0) is 42.9 Å². The van der Waals surface area contributed by atoms with Gasteiger partial charge in [-0.15, -0.1) is 0 Å². The summed E-state index contributed by atoms with van der Waals surface area (Å²) in [4.78, 5) is 0. The van der Waals surface area contributed by atoms with Crippen LogP contribution in [0.4, 0.5) is 0 Å². The van der Waals surface area contributed by atoms with Crippen molar-refractivity contribution in [2.75, 3.05) is 0 Å². The fraction of sp³-hybridized carbons (Fsp3) is 0.750. The molecule has 1 fully saturated rings. The predicted molar refractivity (Wildman–Crippen MR) is 73.5 cm³/mol. The van der Waals surface area contributed by atoms with Crippen LogP contribution in [0.3, 0.4) is 0 Å². The molecule has 92 valence electrons. The summed E-state index contributed by atoms with van der Waals surface area (Å²) in [6.07, 6.45) is 7.51. The van der Waals surface area contributed by atoms with E-state index in [0.717, 1.165) is 11.8 Å². The standard InChI is InChI=1S/C14H22.C2H6/c1-10-7-8-14(4)12(3)11(2)5-6-13(14)9-10;1-2/h6,11-12H,1,5,7-9H2,2-4H3;1-2H3. The van der Waals surface area contributed by atoms with Crippen molar-refractivity contribution >= 4 is 0 Å². The lowest BCUT2D eigenvalue weighted by molar-refractivity contribution is 0.144. The Morgan fingerprint density at radius 1 is 1.31 bits per heavy atom. The summed E-state index contributed by atoms with van der Waals surface area (Å²) in [6, 6.07) is 0. The molecule has 0 aromatic carbocycles. The van der Waals surface area contributed by atoms with Gasteiger partial charge < -0.3 is 0 Å². The molecule has 0 spiro atoms. The molecule has 0 aromatic heterocycles. The van der Waals surface area contributed by atoms with E-state index in [0.29, 0.717) is 5.41 Å². The van der Waals surface area contributed by atoms with Crippen molar-refractivity contribution in [3.8, 4) is 0 Å². The quantitative estimate of drug-likeness (QED) is 0.482. The van der Waals surface area contributed by atoms with Crippen LogP contribution < -0.4 is 0 Å². The summed E-state index contributed by atoms with van der Waals surface area (Å²) in [6.45, 7) is 15.4. The molecule has 0 heterocycles. The fourth-order valence-electron chi connectivity index (χ4n) is 3.14. The Hall–Kier alpha value is -0.520. The van der Waals surface area contributed by atoms with E-state index in [2.05, 4.69) is 33.4 Å². The average Bonchev–Trinajstić information content (AvgIpc) is 2.30. The molecule has 0 saturated heterocycles. The molecule has 2 aliphatic rings. The summed E-state index contributed by atoms with van der Waals surface area (Å²) in [5.41, 5.74) is 3.61. The Morgan fingerprint density at radius 3 is 2.56 bits per heavy atom. The zero-order valence-corrected chi connectivity index (χ0v) is 11.8. The van der Waals surface area contributed by atoms with E-state index in [4.69, 9.17) is 0 Å². The predicted octanol–water partition coefficient (Wildman–Crippen LogP) is 5.36. The highest BCUT2D eigenvalue weighted by molar-refractivity contribution is 5.28. The van der Waals surface area contributed by atoms with Gasteiger partial charge in [-0.1, -0.05) is 58.4 Å². The number of fused-ring (bicyclic) bond motifs is 1. The Morgan fingerprint density at radius 2 is 1.94 bits per heavy atom. The zero-order chi connectivity index (χ0) is 12.3. The largest absolute Gasteiger partial charge is 0.0995 e. The van der Waals surface area contributed by atoms with Crippen LogP contribution in [0.2, 0.25) is 0 Å². The van der Waals surface area contributed by atoms with Crippen molar-refractivity contribution in [3.63, 3.8) is 0 Å². The molecule has 0 aromatic rings. The normalized spacial score (nSPS) is 38.1. The van der Waals surface area contributed by atoms with E-state index in [1.807, 2.05) is 13.8 Å². The van der Waals surface area contributed by atoms with E-state index in [-0.39, 0.29) is 0 Å². The van der Waals surface area contributed by atoms with E-state index in [9.17, 15) is 0 Å². The van der Waals surface area contributed by atoms with E-state index >= 15 is 0 Å². The second-order valence-corrected chi connectivity index (χ2v) is 5.58. The van der Waals surface area contributed by atoms with Crippen LogP contribution in [0.15, 0.2) is 23.8 Å². The molecular formula is C16H28. The molecule has 3 atom stereocenters. The van der Waals surface area contributed by atoms with Gasteiger partial charge in [0.2, 0.25) is 0 Å². The molecule has 0 radical (unpaired) electrons. The molecule has 0 N–H and O–H groups in total. The maximum Gasteiger partial charge on any atom is -0.00819 e. The summed E-state index contributed by atoms with van der Waals surface area (Å²) in [5.74, 6) is 1.70. The molecule has 3 unspecified atom stereocenters. The van der Waals surface area contributed by atoms with Gasteiger partial charge in [0.15, 0.2) is 0 Å². The molecule has 0 heteroatoms. The van der Waals surface area contributed by atoms with Gasteiger partial charge >= 0.3 is 0 Å². The molecule has 16 heavy (non-hydrogen) atoms. The molecule has 0 nitrogen and oxygen atoms in total. The minimum atomic E-state index is 0.485. The molecule has 0 aliphatic heterocycles. The molecule has 2 aliphatic carbocycles. The highest BCUT2D eigenvalue weighted by Gasteiger charge is 2.41. The Labute approximate surface area is 102 Å². The molecule has 0 amide bonds. The summed E-state index contributed by atoms with van der Waals surface area (Å²) < 4.78 is 0. The van der Waals surface area contributed by atoms with Crippen LogP contribution in [0.1, 0.15) is 60.3 Å². The van der Waals surface area contributed by atoms with Gasteiger partial charge in [0.1, 0.15) is 0 Å². The van der Waals surface area contributed by atoms with E-state index < -0.39 is 0 Å². The number of hydrogen-bond donors (Lipinski definition) is 0. The number of hydrogen-bond acceptors (Lipinski definition) is 0. The topological polar surface area (TPSA) is 0 Å². The lowest BCUT2D eigenvalue weighted by atomic mass is 9.57. The van der Waals surface area contributed by atoms with Gasteiger partial charge in [-0.25, -0.2) is 0 Å². The third kappa shape index (κ3) is 2.26. The van der Waals surface area contributed by atoms with Crippen LogP contribution in [-0.4, -0.2) is 0 Å². The van der Waals surface area contributed by atoms with Gasteiger partial charge in [0.25, 0.3) is 0 Å². The van der Waals surface area contributed by atoms with Gasteiger partial charge in [0.05, 0.1) is 0 Å². The van der Waals surface area contributed by atoms with Gasteiger partial charge in [-0.2, -0.15) is 0 Å². The van der Waals surface area contributed by atoms with E-state index in [1.54, 1.807) is 5.57 Å². The second-order valence-electron chi connectivity index (χ2n) is 5.58. The average molecular weight is 220 g/mol. The van der Waals surface area contributed by atoms with Crippen molar-refractivity contribution in [1.29, 1.82) is 0 Å². The van der Waals surface area contributed by atoms with Gasteiger partial charge in [0, 0.05) is 0 Å². The van der Waals surface area contributed by atoms with Crippen molar-refractivity contribution in [2.24, 2.45) is 17.3 Å². The lowest BCUT2D eigenvalue weighted by Gasteiger charge is -2.47. The highest BCUT2D eigenvalue weighted by atomic mass is 14.5. The lowest BCUT2D eigenvalue weighted by Crippen LogP contribution is -2.37. The number of rotatable bonds is 0. The summed E-state index contributed by atoms with van der Waals surface area (Å²) in [7, 11) is 0. The SMILES string of the molecule is C=C1CCC2(C)C(=CCC(C)C2C)C1.CC. The second kappa shape index (κ2) is 5.21. The summed E-state index contributed by atoms with van der Waals surface area (Å²) in [5, 5.41) is 0. The monoisotopic (exact) mass is 220 g/mol. The van der Waals surface area contributed by atoms with Crippen LogP contribution in [0.5, 0.6) is 0 Å². The Balaban J connectivity index is 0.000000606. The Kier molecular flexibility index (Phi) is 4.41. The first-order valence-electron chi connectivity index (χ1n) is 6.90. The Bertz CT molecular complexity index is 284. The minimum absolute atomic E-state index is 0.485. The molecule has 2 rings (SSSR count). The number of allylic oxidation sites excluding steroid dienone is 3. The highest BCUT2D eigenvalue weighted by Crippen LogP contribution is 2.52. The zero-order valence-electron chi connectivity index (χ0n) is 11.8. The van der Waals surface area contributed by atoms with Crippen molar-refractivity contribution < 1.29 is 0 Å². The molecule has 0 bridgehead atoms. The van der Waals surface area contributed by atoms with Crippen LogP contribution in [-0.2, 0) is 0 Å². The maximum atomic E-state index is 4.14. The first-order valence-corrected chi connectivity index (χ1v) is 6.90. The maximum absolute atomic E-state index is 4.14. The smallest absolute Gasteiger partial charge is 0.00819 e. The first kappa shape index (κ1) is 13.5. The van der Waals surface area contributed by atoms with Crippen LogP contribution in [0.25, 0.3) is 0 Å². The van der Waals surface area contributed by atoms with Crippen molar-refractivity contribution in [1.82, 2.24) is 0 Å². The third-order valence-electron chi connectivity index (χ3n) is 4.77. The summed E-state index contributed by atoms with van der Waals surface area (Å²) >= 11 is 0. The first-order chi connectivity index (χ1) is 7.54. The van der Waals surface area contributed by atoms with Crippen molar-refractivity contribution in [3.05, 3.63) is 23.8 Å².